The second kappa shape index (κ2) is 7.56. The smallest absolute Gasteiger partial charge is 0.412 e. The molecule has 0 aromatic heterocycles. The van der Waals surface area contributed by atoms with Gasteiger partial charge in [-0.2, -0.15) is 0 Å². The van der Waals surface area contributed by atoms with Crippen LogP contribution in [0.4, 0.5) is 10.5 Å². The number of anilines is 1. The summed E-state index contributed by atoms with van der Waals surface area (Å²) in [5.41, 5.74) is -0.0835. The quantitative estimate of drug-likeness (QED) is 0.673. The molecular weight excluding hydrogens is 420 g/mol. The summed E-state index contributed by atoms with van der Waals surface area (Å²) in [6.07, 6.45) is -1.24. The molecule has 2 aromatic carbocycles. The summed E-state index contributed by atoms with van der Waals surface area (Å²) in [6, 6.07) is 15.2. The van der Waals surface area contributed by atoms with Gasteiger partial charge >= 0.3 is 12.1 Å². The van der Waals surface area contributed by atoms with Crippen LogP contribution < -0.4 is 4.31 Å². The molecule has 1 fully saturated rings. The molecule has 0 aliphatic carbocycles. The minimum atomic E-state index is -4.04. The molecule has 1 saturated heterocycles. The number of esters is 1. The molecule has 2 aliphatic heterocycles. The Hall–Kier alpha value is -3.07. The fourth-order valence-corrected chi connectivity index (χ4v) is 6.55. The first kappa shape index (κ1) is 21.2. The van der Waals surface area contributed by atoms with Crippen LogP contribution in [0, 0.1) is 0 Å². The number of amides is 1. The Morgan fingerprint density at radius 2 is 1.68 bits per heavy atom. The molecular formula is C22H24N2O6S. The molecule has 0 unspecified atom stereocenters. The molecule has 8 nitrogen and oxygen atoms in total. The average molecular weight is 445 g/mol. The zero-order valence-corrected chi connectivity index (χ0v) is 18.3. The Kier molecular flexibility index (Phi) is 5.17. The number of ether oxygens (including phenoxy) is 2. The van der Waals surface area contributed by atoms with Crippen molar-refractivity contribution in [3.8, 4) is 0 Å². The van der Waals surface area contributed by atoms with Gasteiger partial charge in [-0.1, -0.05) is 43.3 Å². The van der Waals surface area contributed by atoms with E-state index < -0.39 is 39.7 Å². The molecule has 2 heterocycles. The monoisotopic (exact) mass is 444 g/mol. The number of hydrogen-bond donors (Lipinski definition) is 0. The van der Waals surface area contributed by atoms with Gasteiger partial charge in [-0.05, 0) is 36.6 Å². The normalized spacial score (nSPS) is 24.5. The molecule has 0 N–H and O–H groups in total. The summed E-state index contributed by atoms with van der Waals surface area (Å²) in [4.78, 5) is 27.3. The van der Waals surface area contributed by atoms with Gasteiger partial charge in [-0.15, -0.1) is 0 Å². The van der Waals surface area contributed by atoms with E-state index in [0.29, 0.717) is 5.69 Å². The van der Waals surface area contributed by atoms with Crippen LogP contribution in [0.5, 0.6) is 0 Å². The summed E-state index contributed by atoms with van der Waals surface area (Å²) in [6.45, 7) is 1.77. The van der Waals surface area contributed by atoms with Gasteiger partial charge in [0.05, 0.1) is 24.8 Å². The second-order valence-corrected chi connectivity index (χ2v) is 9.43. The lowest BCUT2D eigenvalue weighted by molar-refractivity contribution is -0.153. The number of sulfonamides is 1. The van der Waals surface area contributed by atoms with E-state index in [9.17, 15) is 18.0 Å². The molecule has 4 rings (SSSR count). The van der Waals surface area contributed by atoms with E-state index in [2.05, 4.69) is 0 Å². The maximum absolute atomic E-state index is 13.8. The zero-order valence-electron chi connectivity index (χ0n) is 17.5. The topological polar surface area (TPSA) is 93.2 Å². The molecule has 2 aliphatic rings. The van der Waals surface area contributed by atoms with E-state index in [0.717, 1.165) is 5.56 Å². The van der Waals surface area contributed by atoms with Gasteiger partial charge in [0.25, 0.3) is 10.0 Å². The van der Waals surface area contributed by atoms with Crippen molar-refractivity contribution >= 4 is 27.8 Å². The Morgan fingerprint density at radius 1 is 1.03 bits per heavy atom. The molecule has 2 aromatic rings. The highest BCUT2D eigenvalue weighted by Gasteiger charge is 2.65. The van der Waals surface area contributed by atoms with E-state index in [1.54, 1.807) is 37.3 Å². The highest BCUT2D eigenvalue weighted by molar-refractivity contribution is 7.92. The van der Waals surface area contributed by atoms with Crippen LogP contribution in [0.1, 0.15) is 31.2 Å². The van der Waals surface area contributed by atoms with E-state index in [1.165, 1.54) is 35.6 Å². The summed E-state index contributed by atoms with van der Waals surface area (Å²) < 4.78 is 38.9. The average Bonchev–Trinajstić information content (AvgIpc) is 3.30. The van der Waals surface area contributed by atoms with Crippen LogP contribution in [-0.4, -0.2) is 51.3 Å². The fourth-order valence-electron chi connectivity index (χ4n) is 4.87. The number of nitrogens with zero attached hydrogens (tertiary/aromatic N) is 2. The highest BCUT2D eigenvalue weighted by Crippen LogP contribution is 2.56. The Balaban J connectivity index is 1.97. The van der Waals surface area contributed by atoms with E-state index in [4.69, 9.17) is 9.47 Å². The highest BCUT2D eigenvalue weighted by atomic mass is 32.2. The predicted molar refractivity (Wildman–Crippen MR) is 113 cm³/mol. The number of para-hydroxylation sites is 1. The molecule has 1 amide bonds. The molecule has 164 valence electrons. The van der Waals surface area contributed by atoms with Crippen molar-refractivity contribution in [2.75, 3.05) is 18.5 Å². The van der Waals surface area contributed by atoms with Crippen LogP contribution >= 0.6 is 0 Å². The van der Waals surface area contributed by atoms with E-state index >= 15 is 0 Å². The van der Waals surface area contributed by atoms with Crippen molar-refractivity contribution in [3.63, 3.8) is 0 Å². The third kappa shape index (κ3) is 2.90. The van der Waals surface area contributed by atoms with Gasteiger partial charge in [0.1, 0.15) is 11.7 Å². The standard InChI is InChI=1S/C22H24N2O6S/c1-4-22(20(25)29-2)14-17-16-12-8-9-13-18(16)24(19(17)23(22)21(26)30-3)31(27,28)15-10-6-5-7-11-15/h5-13,17,19H,4,14H2,1-3H3/t17-,19+,22+/m1/s1. The van der Waals surface area contributed by atoms with Crippen LogP contribution in [0.3, 0.4) is 0 Å². The number of carbonyl (C=O) groups is 2. The SMILES string of the molecule is CC[C@@]1(C(=O)OC)C[C@@H]2c3ccccc3N(S(=O)(=O)c3ccccc3)[C@@H]2N1C(=O)OC. The van der Waals surface area contributed by atoms with Crippen LogP contribution in [0.15, 0.2) is 59.5 Å². The van der Waals surface area contributed by atoms with Crippen LogP contribution in [-0.2, 0) is 24.3 Å². The Labute approximate surface area is 181 Å². The van der Waals surface area contributed by atoms with Crippen LogP contribution in [0.25, 0.3) is 0 Å². The fraction of sp³-hybridized carbons (Fsp3) is 0.364. The van der Waals surface area contributed by atoms with Crippen molar-refractivity contribution in [3.05, 3.63) is 60.2 Å². The molecule has 0 spiro atoms. The first-order valence-electron chi connectivity index (χ1n) is 9.97. The molecule has 31 heavy (non-hydrogen) atoms. The van der Waals surface area contributed by atoms with Gasteiger partial charge in [-0.3, -0.25) is 4.90 Å². The molecule has 0 bridgehead atoms. The number of benzene rings is 2. The summed E-state index contributed by atoms with van der Waals surface area (Å²) in [7, 11) is -1.57. The first-order chi connectivity index (χ1) is 14.8. The van der Waals surface area contributed by atoms with Crippen molar-refractivity contribution in [2.24, 2.45) is 0 Å². The molecule has 3 atom stereocenters. The third-order valence-electron chi connectivity index (χ3n) is 6.28. The third-order valence-corrected chi connectivity index (χ3v) is 8.08. The largest absolute Gasteiger partial charge is 0.467 e. The van der Waals surface area contributed by atoms with Gasteiger partial charge in [0.2, 0.25) is 0 Å². The molecule has 0 saturated carbocycles. The zero-order chi connectivity index (χ0) is 22.4. The minimum absolute atomic E-state index is 0.0994. The molecule has 0 radical (unpaired) electrons. The number of methoxy groups -OCH3 is 2. The van der Waals surface area contributed by atoms with E-state index in [1.807, 2.05) is 12.1 Å². The minimum Gasteiger partial charge on any atom is -0.467 e. The van der Waals surface area contributed by atoms with Crippen molar-refractivity contribution in [1.29, 1.82) is 0 Å². The summed E-state index contributed by atoms with van der Waals surface area (Å²) in [5, 5.41) is 0. The number of carbonyl (C=O) groups excluding carboxylic acids is 2. The Morgan fingerprint density at radius 3 is 2.29 bits per heavy atom. The second-order valence-electron chi connectivity index (χ2n) is 7.61. The maximum Gasteiger partial charge on any atom is 0.412 e. The predicted octanol–water partition coefficient (Wildman–Crippen LogP) is 3.10. The van der Waals surface area contributed by atoms with Gasteiger partial charge in [-0.25, -0.2) is 22.3 Å². The summed E-state index contributed by atoms with van der Waals surface area (Å²) >= 11 is 0. The summed E-state index contributed by atoms with van der Waals surface area (Å²) in [5.74, 6) is -1.00. The Bertz CT molecular complexity index is 1120. The lowest BCUT2D eigenvalue weighted by Crippen LogP contribution is -2.60. The van der Waals surface area contributed by atoms with Crippen LogP contribution in [0.2, 0.25) is 0 Å². The van der Waals surface area contributed by atoms with E-state index in [-0.39, 0.29) is 17.7 Å². The van der Waals surface area contributed by atoms with Crippen molar-refractivity contribution in [1.82, 2.24) is 4.90 Å². The van der Waals surface area contributed by atoms with Gasteiger partial charge < -0.3 is 9.47 Å². The maximum atomic E-state index is 13.8. The number of likely N-dealkylation sites (tertiary alicyclic amines) is 1. The lowest BCUT2D eigenvalue weighted by Gasteiger charge is -2.40. The number of rotatable bonds is 4. The lowest BCUT2D eigenvalue weighted by atomic mass is 9.86. The van der Waals surface area contributed by atoms with Gasteiger partial charge in [0.15, 0.2) is 0 Å². The van der Waals surface area contributed by atoms with Crippen molar-refractivity contribution in [2.45, 2.75) is 42.3 Å². The van der Waals surface area contributed by atoms with Gasteiger partial charge in [0, 0.05) is 5.92 Å². The van der Waals surface area contributed by atoms with Crippen molar-refractivity contribution < 1.29 is 27.5 Å². The number of fused-ring (bicyclic) bond motifs is 3. The first-order valence-corrected chi connectivity index (χ1v) is 11.4. The molecule has 9 heteroatoms. The number of hydrogen-bond acceptors (Lipinski definition) is 6.